The van der Waals surface area contributed by atoms with E-state index in [1.807, 2.05) is 30.4 Å². The predicted molar refractivity (Wildman–Crippen MR) is 92.3 cm³/mol. The Labute approximate surface area is 135 Å². The Balaban J connectivity index is 1.94. The first-order chi connectivity index (χ1) is 10.1. The summed E-state index contributed by atoms with van der Waals surface area (Å²) in [5.74, 6) is 0. The van der Waals surface area contributed by atoms with Crippen molar-refractivity contribution in [3.8, 4) is 0 Å². The van der Waals surface area contributed by atoms with Crippen LogP contribution in [0.1, 0.15) is 30.2 Å². The van der Waals surface area contributed by atoms with Gasteiger partial charge in [-0.2, -0.15) is 0 Å². The summed E-state index contributed by atoms with van der Waals surface area (Å²) in [6.07, 6.45) is 3.38. The van der Waals surface area contributed by atoms with Crippen LogP contribution >= 0.6 is 22.9 Å². The fourth-order valence-corrected chi connectivity index (χ4v) is 3.75. The average molecular weight is 321 g/mol. The van der Waals surface area contributed by atoms with Crippen molar-refractivity contribution in [3.05, 3.63) is 51.2 Å². The van der Waals surface area contributed by atoms with Crippen LogP contribution in [0, 0.1) is 0 Å². The van der Waals surface area contributed by atoms with Crippen molar-refractivity contribution in [1.82, 2.24) is 0 Å². The second kappa shape index (κ2) is 6.39. The molecule has 1 aromatic carbocycles. The first-order valence-electron chi connectivity index (χ1n) is 7.47. The lowest BCUT2D eigenvalue weighted by atomic mass is 10.0. The van der Waals surface area contributed by atoms with Gasteiger partial charge in [0.15, 0.2) is 0 Å². The molecule has 112 valence electrons. The first-order valence-corrected chi connectivity index (χ1v) is 8.73. The average Bonchev–Trinajstić information content (AvgIpc) is 3.14. The molecule has 2 aromatic rings. The molecule has 1 aromatic heterocycles. The van der Waals surface area contributed by atoms with E-state index in [-0.39, 0.29) is 6.04 Å². The fourth-order valence-electron chi connectivity index (χ4n) is 2.74. The maximum absolute atomic E-state index is 6.54. The van der Waals surface area contributed by atoms with Crippen LogP contribution < -0.4 is 10.6 Å². The van der Waals surface area contributed by atoms with Gasteiger partial charge in [-0.3, -0.25) is 0 Å². The van der Waals surface area contributed by atoms with Crippen LogP contribution in [-0.2, 0) is 13.0 Å². The Hall–Kier alpha value is -1.03. The maximum atomic E-state index is 6.54. The highest BCUT2D eigenvalue weighted by Crippen LogP contribution is 2.39. The van der Waals surface area contributed by atoms with Gasteiger partial charge in [-0.25, -0.2) is 0 Å². The molecule has 0 aliphatic heterocycles. The number of benzene rings is 1. The molecule has 0 radical (unpaired) electrons. The molecule has 0 amide bonds. The molecule has 21 heavy (non-hydrogen) atoms. The highest BCUT2D eigenvalue weighted by atomic mass is 35.5. The van der Waals surface area contributed by atoms with Crippen molar-refractivity contribution < 1.29 is 0 Å². The summed E-state index contributed by atoms with van der Waals surface area (Å²) in [7, 11) is 0. The number of rotatable bonds is 6. The number of thiophene rings is 1. The van der Waals surface area contributed by atoms with E-state index in [9.17, 15) is 0 Å². The number of nitrogens with zero attached hydrogens (tertiary/aromatic N) is 1. The van der Waals surface area contributed by atoms with Crippen LogP contribution in [0.2, 0.25) is 5.02 Å². The van der Waals surface area contributed by atoms with Gasteiger partial charge in [-0.1, -0.05) is 29.8 Å². The molecule has 0 spiro atoms. The molecule has 1 unspecified atom stereocenters. The number of hydrogen-bond donors (Lipinski definition) is 1. The molecule has 4 heteroatoms. The Kier molecular flexibility index (Phi) is 4.53. The summed E-state index contributed by atoms with van der Waals surface area (Å²) in [6.45, 7) is 2.99. The van der Waals surface area contributed by atoms with Crippen LogP contribution in [-0.4, -0.2) is 12.1 Å². The Morgan fingerprint density at radius 1 is 1.33 bits per heavy atom. The molecular weight excluding hydrogens is 300 g/mol. The molecular formula is C17H21ClN2S. The van der Waals surface area contributed by atoms with Crippen molar-refractivity contribution >= 4 is 28.6 Å². The van der Waals surface area contributed by atoms with Crippen LogP contribution in [0.25, 0.3) is 0 Å². The van der Waals surface area contributed by atoms with Crippen molar-refractivity contribution in [1.29, 1.82) is 0 Å². The summed E-state index contributed by atoms with van der Waals surface area (Å²) in [4.78, 5) is 3.86. The maximum Gasteiger partial charge on any atom is 0.0642 e. The third-order valence-corrected chi connectivity index (χ3v) is 4.96. The van der Waals surface area contributed by atoms with Crippen LogP contribution in [0.4, 0.5) is 5.69 Å². The minimum absolute atomic E-state index is 0.144. The van der Waals surface area contributed by atoms with Crippen molar-refractivity contribution in [3.63, 3.8) is 0 Å². The summed E-state index contributed by atoms with van der Waals surface area (Å²) < 4.78 is 0. The first kappa shape index (κ1) is 14.9. The minimum atomic E-state index is 0.144. The third-order valence-electron chi connectivity index (χ3n) is 3.79. The van der Waals surface area contributed by atoms with Crippen LogP contribution in [0.3, 0.4) is 0 Å². The molecule has 0 bridgehead atoms. The highest BCUT2D eigenvalue weighted by molar-refractivity contribution is 7.09. The molecule has 2 N–H and O–H groups in total. The van der Waals surface area contributed by atoms with Crippen molar-refractivity contribution in [2.24, 2.45) is 5.73 Å². The fraction of sp³-hybridized carbons (Fsp3) is 0.412. The van der Waals surface area contributed by atoms with E-state index >= 15 is 0 Å². The Morgan fingerprint density at radius 3 is 2.76 bits per heavy atom. The van der Waals surface area contributed by atoms with E-state index in [2.05, 4.69) is 28.5 Å². The number of hydrogen-bond acceptors (Lipinski definition) is 3. The van der Waals surface area contributed by atoms with Gasteiger partial charge in [0.1, 0.15) is 0 Å². The van der Waals surface area contributed by atoms with E-state index in [4.69, 9.17) is 17.3 Å². The lowest BCUT2D eigenvalue weighted by Gasteiger charge is -2.28. The van der Waals surface area contributed by atoms with Gasteiger partial charge in [-0.05, 0) is 49.3 Å². The Morgan fingerprint density at radius 2 is 2.14 bits per heavy atom. The van der Waals surface area contributed by atoms with Gasteiger partial charge in [0.2, 0.25) is 0 Å². The standard InChI is InChI=1S/C17H21ClN2S/c1-12(19)10-13-4-2-6-16(18)17(13)20(14-7-8-14)11-15-5-3-9-21-15/h2-6,9,12,14H,7-8,10-11,19H2,1H3. The van der Waals surface area contributed by atoms with Gasteiger partial charge in [0.25, 0.3) is 0 Å². The molecule has 1 atom stereocenters. The SMILES string of the molecule is CC(N)Cc1cccc(Cl)c1N(Cc1cccs1)C1CC1. The zero-order chi connectivity index (χ0) is 14.8. The predicted octanol–water partition coefficient (Wildman–Crippen LogP) is 4.46. The van der Waals surface area contributed by atoms with Crippen LogP contribution in [0.15, 0.2) is 35.7 Å². The molecule has 1 fully saturated rings. The van der Waals surface area contributed by atoms with Crippen molar-refractivity contribution in [2.75, 3.05) is 4.90 Å². The summed E-state index contributed by atoms with van der Waals surface area (Å²) in [5, 5.41) is 2.98. The molecule has 1 saturated carbocycles. The van der Waals surface area contributed by atoms with Gasteiger partial charge >= 0.3 is 0 Å². The van der Waals surface area contributed by atoms with E-state index in [1.54, 1.807) is 0 Å². The minimum Gasteiger partial charge on any atom is -0.362 e. The van der Waals surface area contributed by atoms with E-state index in [0.717, 1.165) is 18.0 Å². The number of anilines is 1. The quantitative estimate of drug-likeness (QED) is 0.851. The van der Waals surface area contributed by atoms with Gasteiger partial charge < -0.3 is 10.6 Å². The van der Waals surface area contributed by atoms with Crippen LogP contribution in [0.5, 0.6) is 0 Å². The smallest absolute Gasteiger partial charge is 0.0642 e. The zero-order valence-corrected chi connectivity index (χ0v) is 13.8. The summed E-state index contributed by atoms with van der Waals surface area (Å²) >= 11 is 8.35. The lowest BCUT2D eigenvalue weighted by Crippen LogP contribution is -2.27. The normalized spacial score (nSPS) is 16.0. The van der Waals surface area contributed by atoms with E-state index in [0.29, 0.717) is 6.04 Å². The second-order valence-corrected chi connectivity index (χ2v) is 7.31. The molecule has 2 nitrogen and oxygen atoms in total. The monoisotopic (exact) mass is 320 g/mol. The van der Waals surface area contributed by atoms with Gasteiger partial charge in [0.05, 0.1) is 17.3 Å². The van der Waals surface area contributed by atoms with Gasteiger partial charge in [-0.15, -0.1) is 11.3 Å². The van der Waals surface area contributed by atoms with E-state index < -0.39 is 0 Å². The largest absolute Gasteiger partial charge is 0.362 e. The van der Waals surface area contributed by atoms with Crippen molar-refractivity contribution in [2.45, 2.75) is 44.8 Å². The number of halogens is 1. The molecule has 0 saturated heterocycles. The molecule has 1 aliphatic rings. The van der Waals surface area contributed by atoms with E-state index in [1.165, 1.54) is 29.0 Å². The molecule has 1 heterocycles. The molecule has 1 aliphatic carbocycles. The Bertz CT molecular complexity index is 591. The number of para-hydroxylation sites is 1. The zero-order valence-electron chi connectivity index (χ0n) is 12.3. The third kappa shape index (κ3) is 3.60. The second-order valence-electron chi connectivity index (χ2n) is 5.87. The number of nitrogens with two attached hydrogens (primary N) is 1. The highest BCUT2D eigenvalue weighted by Gasteiger charge is 2.31. The topological polar surface area (TPSA) is 29.3 Å². The lowest BCUT2D eigenvalue weighted by molar-refractivity contribution is 0.725. The summed E-state index contributed by atoms with van der Waals surface area (Å²) in [6, 6.07) is 11.3. The summed E-state index contributed by atoms with van der Waals surface area (Å²) in [5.41, 5.74) is 8.46. The van der Waals surface area contributed by atoms with Gasteiger partial charge in [0, 0.05) is 17.0 Å². The molecule has 3 rings (SSSR count).